The highest BCUT2D eigenvalue weighted by Gasteiger charge is 2.18. The second-order valence-corrected chi connectivity index (χ2v) is 9.27. The molecule has 0 radical (unpaired) electrons. The van der Waals surface area contributed by atoms with Gasteiger partial charge in [0.15, 0.2) is 0 Å². The largest absolute Gasteiger partial charge is 0.497 e. The van der Waals surface area contributed by atoms with E-state index in [1.165, 1.54) is 25.3 Å². The molecular formula is C32H32FNO2. The molecular weight excluding hydrogens is 449 g/mol. The molecule has 1 heterocycles. The number of para-hydroxylation sites is 1. The van der Waals surface area contributed by atoms with Crippen LogP contribution in [0.3, 0.4) is 0 Å². The second kappa shape index (κ2) is 11.3. The van der Waals surface area contributed by atoms with Gasteiger partial charge in [-0.25, -0.2) is 4.39 Å². The van der Waals surface area contributed by atoms with E-state index in [-0.39, 0.29) is 5.82 Å². The van der Waals surface area contributed by atoms with Crippen molar-refractivity contribution in [3.63, 3.8) is 0 Å². The first-order chi connectivity index (χ1) is 17.7. The lowest BCUT2D eigenvalue weighted by Gasteiger charge is -2.24. The number of aryl methyl sites for hydroxylation is 1. The molecule has 0 N–H and O–H groups in total. The molecule has 0 amide bonds. The van der Waals surface area contributed by atoms with Gasteiger partial charge in [0, 0.05) is 24.0 Å². The molecule has 0 atom stereocenters. The Bertz CT molecular complexity index is 1340. The summed E-state index contributed by atoms with van der Waals surface area (Å²) in [7, 11) is 1.68. The summed E-state index contributed by atoms with van der Waals surface area (Å²) in [6.07, 6.45) is 10.1. The fraction of sp³-hybridized carbons (Fsp3) is 0.250. The zero-order chi connectivity index (χ0) is 24.7. The minimum Gasteiger partial charge on any atom is -0.497 e. The first-order valence-electron chi connectivity index (χ1n) is 12.7. The van der Waals surface area contributed by atoms with Gasteiger partial charge in [0.2, 0.25) is 0 Å². The Balaban J connectivity index is 1.60. The average Bonchev–Trinajstić information content (AvgIpc) is 2.92. The third-order valence-electron chi connectivity index (χ3n) is 6.74. The van der Waals surface area contributed by atoms with Crippen molar-refractivity contribution in [2.45, 2.75) is 32.1 Å². The van der Waals surface area contributed by atoms with Crippen LogP contribution in [0.4, 0.5) is 4.39 Å². The lowest BCUT2D eigenvalue weighted by molar-refractivity contribution is 0.308. The van der Waals surface area contributed by atoms with Gasteiger partial charge in [0.25, 0.3) is 0 Å². The third-order valence-corrected chi connectivity index (χ3v) is 6.74. The molecule has 184 valence electrons. The number of rotatable bonds is 8. The van der Waals surface area contributed by atoms with Crippen LogP contribution < -0.4 is 9.47 Å². The van der Waals surface area contributed by atoms with Crippen molar-refractivity contribution in [2.24, 2.45) is 0 Å². The Labute approximate surface area is 212 Å². The van der Waals surface area contributed by atoms with Gasteiger partial charge < -0.3 is 14.4 Å². The number of methoxy groups -OCH3 is 1. The molecule has 36 heavy (non-hydrogen) atoms. The highest BCUT2D eigenvalue weighted by molar-refractivity contribution is 5.98. The van der Waals surface area contributed by atoms with Crippen molar-refractivity contribution in [1.29, 1.82) is 0 Å². The van der Waals surface area contributed by atoms with Crippen molar-refractivity contribution in [3.05, 3.63) is 103 Å². The smallest absolute Gasteiger partial charge is 0.143 e. The molecule has 1 aliphatic heterocycles. The lowest BCUT2D eigenvalue weighted by atomic mass is 9.91. The summed E-state index contributed by atoms with van der Waals surface area (Å²) < 4.78 is 26.4. The van der Waals surface area contributed by atoms with Crippen molar-refractivity contribution < 1.29 is 13.9 Å². The van der Waals surface area contributed by atoms with E-state index in [0.717, 1.165) is 70.6 Å². The van der Waals surface area contributed by atoms with E-state index in [1.54, 1.807) is 19.2 Å². The number of nitrogens with zero attached hydrogens (tertiary/aromatic N) is 1. The maximum absolute atomic E-state index is 14.4. The molecule has 5 rings (SSSR count). The minimum absolute atomic E-state index is 0.260. The van der Waals surface area contributed by atoms with E-state index in [2.05, 4.69) is 23.2 Å². The summed E-state index contributed by atoms with van der Waals surface area (Å²) in [6, 6.07) is 24.8. The highest BCUT2D eigenvalue weighted by Crippen LogP contribution is 2.43. The van der Waals surface area contributed by atoms with Crippen molar-refractivity contribution in [2.75, 3.05) is 20.2 Å². The molecule has 0 unspecified atom stereocenters. The fourth-order valence-corrected chi connectivity index (χ4v) is 4.93. The monoisotopic (exact) mass is 481 g/mol. The molecule has 1 saturated heterocycles. The van der Waals surface area contributed by atoms with Gasteiger partial charge in [-0.05, 0) is 97.3 Å². The van der Waals surface area contributed by atoms with Gasteiger partial charge in [-0.1, -0.05) is 42.5 Å². The van der Waals surface area contributed by atoms with Crippen LogP contribution in [-0.2, 0) is 6.42 Å². The first-order valence-corrected chi connectivity index (χ1v) is 12.7. The molecule has 4 heteroatoms. The maximum atomic E-state index is 14.4. The van der Waals surface area contributed by atoms with Gasteiger partial charge >= 0.3 is 0 Å². The topological polar surface area (TPSA) is 21.7 Å². The molecule has 1 aliphatic rings. The Morgan fingerprint density at radius 1 is 0.861 bits per heavy atom. The number of ether oxygens (including phenoxy) is 2. The minimum atomic E-state index is -0.260. The number of piperidine rings is 1. The average molecular weight is 482 g/mol. The van der Waals surface area contributed by atoms with Gasteiger partial charge in [-0.3, -0.25) is 0 Å². The van der Waals surface area contributed by atoms with Crippen LogP contribution in [0.2, 0.25) is 0 Å². The molecule has 1 fully saturated rings. The molecule has 4 aromatic rings. The van der Waals surface area contributed by atoms with Crippen LogP contribution in [-0.4, -0.2) is 25.1 Å². The molecule has 0 aliphatic carbocycles. The summed E-state index contributed by atoms with van der Waals surface area (Å²) in [5.74, 6) is 2.02. The Kier molecular flexibility index (Phi) is 7.51. The predicted molar refractivity (Wildman–Crippen MR) is 145 cm³/mol. The summed E-state index contributed by atoms with van der Waals surface area (Å²) in [6.45, 7) is 2.27. The first kappa shape index (κ1) is 23.9. The number of fused-ring (bicyclic) bond motifs is 1. The Morgan fingerprint density at radius 2 is 1.69 bits per heavy atom. The molecule has 3 nitrogen and oxygen atoms in total. The lowest BCUT2D eigenvalue weighted by Crippen LogP contribution is -2.24. The van der Waals surface area contributed by atoms with Crippen LogP contribution in [0.25, 0.3) is 21.9 Å². The van der Waals surface area contributed by atoms with Crippen molar-refractivity contribution >= 4 is 10.8 Å². The molecule has 0 aromatic heterocycles. The van der Waals surface area contributed by atoms with E-state index in [0.29, 0.717) is 0 Å². The number of allylic oxidation sites excluding steroid dienone is 1. The fourth-order valence-electron chi connectivity index (χ4n) is 4.93. The zero-order valence-electron chi connectivity index (χ0n) is 20.8. The van der Waals surface area contributed by atoms with Gasteiger partial charge in [-0.2, -0.15) is 0 Å². The summed E-state index contributed by atoms with van der Waals surface area (Å²) in [4.78, 5) is 2.41. The highest BCUT2D eigenvalue weighted by atomic mass is 19.1. The van der Waals surface area contributed by atoms with E-state index >= 15 is 0 Å². The number of benzene rings is 4. The van der Waals surface area contributed by atoms with Crippen molar-refractivity contribution in [3.8, 4) is 28.4 Å². The Morgan fingerprint density at radius 3 is 2.47 bits per heavy atom. The van der Waals surface area contributed by atoms with Crippen LogP contribution in [0, 0.1) is 5.82 Å². The molecule has 0 bridgehead atoms. The van der Waals surface area contributed by atoms with Crippen LogP contribution >= 0.6 is 0 Å². The normalized spacial score (nSPS) is 13.9. The summed E-state index contributed by atoms with van der Waals surface area (Å²) in [5, 5.41) is 2.00. The van der Waals surface area contributed by atoms with Gasteiger partial charge in [0.05, 0.1) is 7.11 Å². The second-order valence-electron chi connectivity index (χ2n) is 9.27. The molecule has 0 spiro atoms. The van der Waals surface area contributed by atoms with Gasteiger partial charge in [0.1, 0.15) is 23.1 Å². The van der Waals surface area contributed by atoms with Crippen LogP contribution in [0.15, 0.2) is 91.1 Å². The number of halogens is 1. The van der Waals surface area contributed by atoms with E-state index in [9.17, 15) is 4.39 Å². The van der Waals surface area contributed by atoms with E-state index < -0.39 is 0 Å². The SMILES string of the molecule is COc1ccc2c(Oc3ccccc3)c(-c3cccc(F)c3)c(CCC=CN3CCCCC3)cc2c1. The predicted octanol–water partition coefficient (Wildman–Crippen LogP) is 8.38. The molecule has 4 aromatic carbocycles. The van der Waals surface area contributed by atoms with E-state index in [4.69, 9.17) is 9.47 Å². The van der Waals surface area contributed by atoms with Crippen LogP contribution in [0.1, 0.15) is 31.2 Å². The number of hydrogen-bond donors (Lipinski definition) is 0. The van der Waals surface area contributed by atoms with E-state index in [1.807, 2.05) is 54.6 Å². The Hall–Kier alpha value is -3.79. The molecule has 0 saturated carbocycles. The number of likely N-dealkylation sites (tertiary alicyclic amines) is 1. The van der Waals surface area contributed by atoms with Crippen molar-refractivity contribution in [1.82, 2.24) is 4.90 Å². The van der Waals surface area contributed by atoms with Crippen LogP contribution in [0.5, 0.6) is 17.2 Å². The quantitative estimate of drug-likeness (QED) is 0.252. The summed E-state index contributed by atoms with van der Waals surface area (Å²) >= 11 is 0. The number of hydrogen-bond acceptors (Lipinski definition) is 3. The third kappa shape index (κ3) is 5.54. The van der Waals surface area contributed by atoms with Gasteiger partial charge in [-0.15, -0.1) is 0 Å². The zero-order valence-corrected chi connectivity index (χ0v) is 20.8. The maximum Gasteiger partial charge on any atom is 0.143 e. The standard InChI is InChI=1S/C32H32FNO2/c1-35-29-16-17-30-26(23-29)21-24(11-6-9-20-34-18-7-3-8-19-34)31(25-12-10-13-27(33)22-25)32(30)36-28-14-4-2-5-15-28/h2,4-5,9-10,12-17,20-23H,3,6-8,11,18-19H2,1H3. The summed E-state index contributed by atoms with van der Waals surface area (Å²) in [5.41, 5.74) is 2.87.